The van der Waals surface area contributed by atoms with Crippen LogP contribution < -0.4 is 5.32 Å². The fourth-order valence-corrected chi connectivity index (χ4v) is 2.85. The Kier molecular flexibility index (Phi) is 7.09. The predicted octanol–water partition coefficient (Wildman–Crippen LogP) is 4.33. The fraction of sp³-hybridized carbons (Fsp3) is 0.217. The Bertz CT molecular complexity index is 1140. The average Bonchev–Trinajstić information content (AvgIpc) is 3.20. The number of hydrogen-bond donors (Lipinski definition) is 1. The molecule has 3 rings (SSSR count). The summed E-state index contributed by atoms with van der Waals surface area (Å²) in [6.07, 6.45) is -0.0508. The molecule has 0 aliphatic rings. The van der Waals surface area contributed by atoms with Crippen molar-refractivity contribution < 1.29 is 32.3 Å². The first kappa shape index (κ1) is 22.8. The number of carbonyl (C=O) groups excluding carboxylic acids is 3. The molecule has 1 unspecified atom stereocenters. The molecule has 2 aromatic carbocycles. The SMILES string of the molecule is CC(=O)c1cccc(NC(=O)C(C)OC(=O)CCc2ncc(-c3c(F)cccc3F)o2)c1. The van der Waals surface area contributed by atoms with Crippen molar-refractivity contribution in [2.45, 2.75) is 32.8 Å². The Morgan fingerprint density at radius 1 is 1.12 bits per heavy atom. The lowest BCUT2D eigenvalue weighted by Gasteiger charge is -2.13. The minimum absolute atomic E-state index is 0.0178. The standard InChI is InChI=1S/C23H20F2N2O5/c1-13(28)15-5-3-6-16(11-15)27-23(30)14(2)31-21(29)10-9-20-26-12-19(32-20)22-17(24)7-4-8-18(22)25/h3-8,11-12,14H,9-10H2,1-2H3,(H,27,30). The Balaban J connectivity index is 1.53. The molecule has 1 amide bonds. The van der Waals surface area contributed by atoms with Crippen molar-refractivity contribution in [2.75, 3.05) is 5.32 Å². The summed E-state index contributed by atoms with van der Waals surface area (Å²) in [5.74, 6) is -2.97. The summed E-state index contributed by atoms with van der Waals surface area (Å²) in [6, 6.07) is 9.81. The van der Waals surface area contributed by atoms with Gasteiger partial charge in [-0.2, -0.15) is 0 Å². The number of ether oxygens (including phenoxy) is 1. The topological polar surface area (TPSA) is 98.5 Å². The number of oxazole rings is 1. The van der Waals surface area contributed by atoms with E-state index in [9.17, 15) is 23.2 Å². The highest BCUT2D eigenvalue weighted by Crippen LogP contribution is 2.26. The third-order valence-electron chi connectivity index (χ3n) is 4.52. The summed E-state index contributed by atoms with van der Waals surface area (Å²) in [5, 5.41) is 2.58. The van der Waals surface area contributed by atoms with Gasteiger partial charge < -0.3 is 14.5 Å². The predicted molar refractivity (Wildman–Crippen MR) is 111 cm³/mol. The number of amides is 1. The second-order valence-corrected chi connectivity index (χ2v) is 6.97. The minimum atomic E-state index is -1.09. The number of Topliss-reactive ketones (excluding diaryl/α,β-unsaturated/α-hetero) is 1. The van der Waals surface area contributed by atoms with Crippen LogP contribution in [0.4, 0.5) is 14.5 Å². The van der Waals surface area contributed by atoms with Crippen LogP contribution in [0.15, 0.2) is 53.1 Å². The van der Waals surface area contributed by atoms with Gasteiger partial charge in [-0.05, 0) is 38.1 Å². The molecule has 7 nitrogen and oxygen atoms in total. The van der Waals surface area contributed by atoms with Gasteiger partial charge >= 0.3 is 5.97 Å². The highest BCUT2D eigenvalue weighted by Gasteiger charge is 2.20. The normalized spacial score (nSPS) is 11.6. The Hall–Kier alpha value is -3.88. The van der Waals surface area contributed by atoms with Gasteiger partial charge in [0, 0.05) is 17.7 Å². The van der Waals surface area contributed by atoms with Crippen LogP contribution in [0.3, 0.4) is 0 Å². The summed E-state index contributed by atoms with van der Waals surface area (Å²) >= 11 is 0. The zero-order valence-electron chi connectivity index (χ0n) is 17.4. The van der Waals surface area contributed by atoms with Crippen molar-refractivity contribution >= 4 is 23.3 Å². The van der Waals surface area contributed by atoms with Gasteiger partial charge in [0.1, 0.15) is 11.6 Å². The van der Waals surface area contributed by atoms with Crippen LogP contribution in [0.25, 0.3) is 11.3 Å². The number of esters is 1. The van der Waals surface area contributed by atoms with Gasteiger partial charge in [0.25, 0.3) is 5.91 Å². The largest absolute Gasteiger partial charge is 0.453 e. The van der Waals surface area contributed by atoms with Crippen LogP contribution in [0.5, 0.6) is 0 Å². The maximum atomic E-state index is 13.8. The molecule has 166 valence electrons. The molecule has 0 radical (unpaired) electrons. The molecule has 0 saturated carbocycles. The van der Waals surface area contributed by atoms with Crippen LogP contribution in [0, 0.1) is 11.6 Å². The Morgan fingerprint density at radius 3 is 2.50 bits per heavy atom. The molecule has 1 N–H and O–H groups in total. The zero-order chi connectivity index (χ0) is 23.3. The number of hydrogen-bond acceptors (Lipinski definition) is 6. The second-order valence-electron chi connectivity index (χ2n) is 6.97. The van der Waals surface area contributed by atoms with Gasteiger partial charge in [-0.25, -0.2) is 13.8 Å². The molecule has 0 aliphatic carbocycles. The number of nitrogens with zero attached hydrogens (tertiary/aromatic N) is 1. The third kappa shape index (κ3) is 5.63. The lowest BCUT2D eigenvalue weighted by molar-refractivity contribution is -0.153. The summed E-state index contributed by atoms with van der Waals surface area (Å²) in [6.45, 7) is 2.82. The summed E-state index contributed by atoms with van der Waals surface area (Å²) in [4.78, 5) is 39.7. The first-order chi connectivity index (χ1) is 15.2. The van der Waals surface area contributed by atoms with Gasteiger partial charge in [-0.1, -0.05) is 18.2 Å². The molecular formula is C23H20F2N2O5. The van der Waals surface area contributed by atoms with E-state index in [0.29, 0.717) is 11.3 Å². The number of benzene rings is 2. The molecular weight excluding hydrogens is 422 g/mol. The summed E-state index contributed by atoms with van der Waals surface area (Å²) in [5.41, 5.74) is 0.499. The van der Waals surface area contributed by atoms with Crippen molar-refractivity contribution in [3.8, 4) is 11.3 Å². The molecule has 0 bridgehead atoms. The van der Waals surface area contributed by atoms with Gasteiger partial charge in [-0.3, -0.25) is 14.4 Å². The van der Waals surface area contributed by atoms with Crippen molar-refractivity contribution in [1.29, 1.82) is 0 Å². The van der Waals surface area contributed by atoms with Gasteiger partial charge in [0.2, 0.25) is 0 Å². The van der Waals surface area contributed by atoms with E-state index in [2.05, 4.69) is 10.3 Å². The summed E-state index contributed by atoms with van der Waals surface area (Å²) < 4.78 is 38.1. The van der Waals surface area contributed by atoms with E-state index in [-0.39, 0.29) is 35.8 Å². The van der Waals surface area contributed by atoms with E-state index in [1.807, 2.05) is 0 Å². The van der Waals surface area contributed by atoms with Crippen molar-refractivity contribution in [2.24, 2.45) is 0 Å². The lowest BCUT2D eigenvalue weighted by atomic mass is 10.1. The van der Waals surface area contributed by atoms with Gasteiger partial charge in [0.15, 0.2) is 23.5 Å². The number of ketones is 1. The maximum Gasteiger partial charge on any atom is 0.307 e. The monoisotopic (exact) mass is 442 g/mol. The highest BCUT2D eigenvalue weighted by molar-refractivity contribution is 5.98. The van der Waals surface area contributed by atoms with Crippen molar-refractivity contribution in [3.63, 3.8) is 0 Å². The van der Waals surface area contributed by atoms with Crippen molar-refractivity contribution in [1.82, 2.24) is 4.98 Å². The summed E-state index contributed by atoms with van der Waals surface area (Å²) in [7, 11) is 0. The molecule has 1 aromatic heterocycles. The lowest BCUT2D eigenvalue weighted by Crippen LogP contribution is -2.30. The fourth-order valence-electron chi connectivity index (χ4n) is 2.85. The van der Waals surface area contributed by atoms with Gasteiger partial charge in [-0.15, -0.1) is 0 Å². The van der Waals surface area contributed by atoms with Crippen LogP contribution in [-0.4, -0.2) is 28.7 Å². The van der Waals surface area contributed by atoms with Gasteiger partial charge in [0.05, 0.1) is 18.2 Å². The Morgan fingerprint density at radius 2 is 1.81 bits per heavy atom. The second kappa shape index (κ2) is 9.95. The van der Waals surface area contributed by atoms with Crippen LogP contribution >= 0.6 is 0 Å². The van der Waals surface area contributed by atoms with E-state index in [4.69, 9.17) is 9.15 Å². The van der Waals surface area contributed by atoms with Crippen LogP contribution in [-0.2, 0) is 20.7 Å². The van der Waals surface area contributed by atoms with E-state index in [1.54, 1.807) is 18.2 Å². The first-order valence-electron chi connectivity index (χ1n) is 9.75. The number of halogens is 2. The molecule has 0 aliphatic heterocycles. The zero-order valence-corrected chi connectivity index (χ0v) is 17.4. The molecule has 0 fully saturated rings. The van der Waals surface area contributed by atoms with E-state index in [1.165, 1.54) is 32.2 Å². The molecule has 3 aromatic rings. The molecule has 0 saturated heterocycles. The number of aromatic nitrogens is 1. The number of anilines is 1. The van der Waals surface area contributed by atoms with Crippen LogP contribution in [0.1, 0.15) is 36.5 Å². The highest BCUT2D eigenvalue weighted by atomic mass is 19.1. The molecule has 9 heteroatoms. The van der Waals surface area contributed by atoms with E-state index >= 15 is 0 Å². The number of aryl methyl sites for hydroxylation is 1. The average molecular weight is 442 g/mol. The molecule has 32 heavy (non-hydrogen) atoms. The quantitative estimate of drug-likeness (QED) is 0.412. The molecule has 0 spiro atoms. The van der Waals surface area contributed by atoms with E-state index in [0.717, 1.165) is 12.1 Å². The number of carbonyl (C=O) groups is 3. The smallest absolute Gasteiger partial charge is 0.307 e. The number of rotatable bonds is 8. The maximum absolute atomic E-state index is 13.8. The first-order valence-corrected chi connectivity index (χ1v) is 9.75. The van der Waals surface area contributed by atoms with Crippen molar-refractivity contribution in [3.05, 3.63) is 71.8 Å². The number of nitrogens with one attached hydrogen (secondary N) is 1. The molecule has 1 atom stereocenters. The Labute approximate surface area is 182 Å². The van der Waals surface area contributed by atoms with Crippen LogP contribution in [0.2, 0.25) is 0 Å². The molecule has 1 heterocycles. The van der Waals surface area contributed by atoms with E-state index < -0.39 is 29.6 Å². The third-order valence-corrected chi connectivity index (χ3v) is 4.52. The minimum Gasteiger partial charge on any atom is -0.453 e.